The number of ether oxygens (including phenoxy) is 2. The van der Waals surface area contributed by atoms with E-state index < -0.39 is 0 Å². The van der Waals surface area contributed by atoms with Crippen molar-refractivity contribution in [1.29, 1.82) is 0 Å². The van der Waals surface area contributed by atoms with Crippen LogP contribution in [0.5, 0.6) is 16.7 Å². The number of piperidine rings is 1. The first-order chi connectivity index (χ1) is 17.6. The number of thiazole rings is 1. The van der Waals surface area contributed by atoms with E-state index in [9.17, 15) is 4.79 Å². The van der Waals surface area contributed by atoms with E-state index in [2.05, 4.69) is 40.4 Å². The smallest absolute Gasteiger partial charge is 0.279 e. The first-order valence-corrected chi connectivity index (χ1v) is 13.6. The zero-order chi connectivity index (χ0) is 24.7. The highest BCUT2D eigenvalue weighted by molar-refractivity contribution is 7.20. The van der Waals surface area contributed by atoms with Crippen LogP contribution in [-0.2, 0) is 4.79 Å². The molecule has 1 saturated heterocycles. The molecule has 1 atom stereocenters. The summed E-state index contributed by atoms with van der Waals surface area (Å²) in [7, 11) is 0. The van der Waals surface area contributed by atoms with E-state index in [1.807, 2.05) is 48.5 Å². The van der Waals surface area contributed by atoms with E-state index in [1.165, 1.54) is 11.3 Å². The maximum atomic E-state index is 12.4. The van der Waals surface area contributed by atoms with Gasteiger partial charge in [0.2, 0.25) is 5.91 Å². The Bertz CT molecular complexity index is 1190. The molecule has 0 saturated carbocycles. The minimum atomic E-state index is 0.137. The van der Waals surface area contributed by atoms with Gasteiger partial charge in [0.25, 0.3) is 5.19 Å². The van der Waals surface area contributed by atoms with Crippen LogP contribution in [0.4, 0.5) is 0 Å². The lowest BCUT2D eigenvalue weighted by molar-refractivity contribution is -0.121. The molecule has 1 aromatic heterocycles. The van der Waals surface area contributed by atoms with Gasteiger partial charge in [-0.15, -0.1) is 0 Å². The molecule has 1 amide bonds. The van der Waals surface area contributed by atoms with Crippen molar-refractivity contribution in [1.82, 2.24) is 15.2 Å². The normalized spacial score (nSPS) is 18.7. The maximum absolute atomic E-state index is 12.4. The number of aromatic nitrogens is 1. The Balaban J connectivity index is 0.991. The van der Waals surface area contributed by atoms with Crippen molar-refractivity contribution in [3.8, 4) is 16.7 Å². The molecule has 1 fully saturated rings. The van der Waals surface area contributed by atoms with Crippen molar-refractivity contribution >= 4 is 27.5 Å². The number of rotatable bonds is 9. The van der Waals surface area contributed by atoms with E-state index in [0.717, 1.165) is 66.2 Å². The molecule has 2 heterocycles. The summed E-state index contributed by atoms with van der Waals surface area (Å²) in [5.74, 6) is 2.29. The zero-order valence-electron chi connectivity index (χ0n) is 20.7. The number of nitrogens with one attached hydrogen (secondary N) is 1. The van der Waals surface area contributed by atoms with Gasteiger partial charge in [-0.05, 0) is 67.2 Å². The number of carbonyl (C=O) groups is 1. The van der Waals surface area contributed by atoms with E-state index >= 15 is 0 Å². The van der Waals surface area contributed by atoms with Crippen LogP contribution in [0.1, 0.15) is 32.6 Å². The first-order valence-electron chi connectivity index (χ1n) is 12.8. The summed E-state index contributed by atoms with van der Waals surface area (Å²) in [6.45, 7) is 5.65. The molecule has 36 heavy (non-hydrogen) atoms. The monoisotopic (exact) mass is 503 g/mol. The number of fused-ring (bicyclic) bond motifs is 1. The summed E-state index contributed by atoms with van der Waals surface area (Å²) in [5, 5.41) is 3.86. The summed E-state index contributed by atoms with van der Waals surface area (Å²) in [4.78, 5) is 19.3. The van der Waals surface area contributed by atoms with Gasteiger partial charge >= 0.3 is 0 Å². The molecule has 7 heteroatoms. The van der Waals surface area contributed by atoms with E-state index in [-0.39, 0.29) is 11.9 Å². The van der Waals surface area contributed by atoms with Gasteiger partial charge in [0, 0.05) is 25.7 Å². The lowest BCUT2D eigenvalue weighted by Crippen LogP contribution is -2.45. The summed E-state index contributed by atoms with van der Waals surface area (Å²) in [6, 6.07) is 16.0. The molecule has 1 aliphatic carbocycles. The van der Waals surface area contributed by atoms with Crippen molar-refractivity contribution < 1.29 is 14.3 Å². The summed E-state index contributed by atoms with van der Waals surface area (Å²) < 4.78 is 13.0. The van der Waals surface area contributed by atoms with Gasteiger partial charge in [-0.25, -0.2) is 4.98 Å². The Morgan fingerprint density at radius 3 is 2.64 bits per heavy atom. The largest absolute Gasteiger partial charge is 0.492 e. The highest BCUT2D eigenvalue weighted by Gasteiger charge is 2.21. The topological polar surface area (TPSA) is 63.7 Å². The Morgan fingerprint density at radius 1 is 1.11 bits per heavy atom. The van der Waals surface area contributed by atoms with Gasteiger partial charge in [0.1, 0.15) is 18.1 Å². The lowest BCUT2D eigenvalue weighted by Gasteiger charge is -2.32. The van der Waals surface area contributed by atoms with E-state index in [4.69, 9.17) is 9.47 Å². The van der Waals surface area contributed by atoms with Crippen LogP contribution < -0.4 is 14.8 Å². The van der Waals surface area contributed by atoms with Crippen molar-refractivity contribution in [3.63, 3.8) is 0 Å². The molecule has 188 valence electrons. The summed E-state index contributed by atoms with van der Waals surface area (Å²) in [5.41, 5.74) is 2.09. The molecule has 2 aliphatic rings. The maximum Gasteiger partial charge on any atom is 0.279 e. The molecule has 1 unspecified atom stereocenters. The van der Waals surface area contributed by atoms with Gasteiger partial charge in [0.05, 0.1) is 16.6 Å². The van der Waals surface area contributed by atoms with Crippen LogP contribution in [0.2, 0.25) is 0 Å². The van der Waals surface area contributed by atoms with Crippen LogP contribution in [0.15, 0.2) is 72.3 Å². The van der Waals surface area contributed by atoms with Gasteiger partial charge in [-0.1, -0.05) is 48.6 Å². The molecule has 1 aliphatic heterocycles. The number of nitrogens with zero attached hydrogens (tertiary/aromatic N) is 2. The van der Waals surface area contributed by atoms with E-state index in [1.54, 1.807) is 0 Å². The molecular weight excluding hydrogens is 470 g/mol. The van der Waals surface area contributed by atoms with Gasteiger partial charge in [-0.2, -0.15) is 0 Å². The molecule has 6 nitrogen and oxygen atoms in total. The van der Waals surface area contributed by atoms with Crippen molar-refractivity contribution in [2.24, 2.45) is 5.92 Å². The van der Waals surface area contributed by atoms with Crippen LogP contribution in [-0.4, -0.2) is 48.1 Å². The number of amides is 1. The quantitative estimate of drug-likeness (QED) is 0.390. The van der Waals surface area contributed by atoms with Crippen LogP contribution in [0, 0.1) is 5.92 Å². The molecular formula is C29H33N3O3S. The van der Waals surface area contributed by atoms with Crippen molar-refractivity contribution in [3.05, 3.63) is 72.3 Å². The molecule has 0 bridgehead atoms. The fraction of sp³-hybridized carbons (Fsp3) is 0.379. The predicted octanol–water partition coefficient (Wildman–Crippen LogP) is 5.96. The minimum Gasteiger partial charge on any atom is -0.492 e. The standard InChI is InChI=1S/C29H33N3O3S/c1-21-6-8-22(9-7-21)20-28(33)30-23-14-16-32(17-15-23)18-19-34-24-10-12-25(13-11-24)35-29-31-26-4-2-3-5-27(26)36-29/h2-6,8-13,21,23H,7,14-20H2,1H3,(H,30,33). The molecule has 1 N–H and O–H groups in total. The van der Waals surface area contributed by atoms with Crippen molar-refractivity contribution in [2.45, 2.75) is 38.6 Å². The number of hydrogen-bond donors (Lipinski definition) is 1. The third-order valence-electron chi connectivity index (χ3n) is 6.69. The van der Waals surface area contributed by atoms with Crippen LogP contribution in [0.3, 0.4) is 0 Å². The Morgan fingerprint density at radius 2 is 1.89 bits per heavy atom. The predicted molar refractivity (Wildman–Crippen MR) is 145 cm³/mol. The fourth-order valence-corrected chi connectivity index (χ4v) is 5.39. The number of allylic oxidation sites excluding steroid dienone is 3. The van der Waals surface area contributed by atoms with Gasteiger partial charge in [-0.3, -0.25) is 9.69 Å². The van der Waals surface area contributed by atoms with Gasteiger partial charge in [0.15, 0.2) is 0 Å². The second-order valence-corrected chi connectivity index (χ2v) is 10.6. The average Bonchev–Trinajstić information content (AvgIpc) is 3.30. The number of carbonyl (C=O) groups excluding carboxylic acids is 1. The Kier molecular flexibility index (Phi) is 7.98. The third kappa shape index (κ3) is 6.74. The molecule has 5 rings (SSSR count). The second kappa shape index (κ2) is 11.7. The van der Waals surface area contributed by atoms with Crippen molar-refractivity contribution in [2.75, 3.05) is 26.2 Å². The summed E-state index contributed by atoms with van der Waals surface area (Å²) >= 11 is 1.54. The highest BCUT2D eigenvalue weighted by Crippen LogP contribution is 2.31. The SMILES string of the molecule is CC1C=CC(CC(=O)NC2CCN(CCOc3ccc(Oc4nc5ccccc5s4)cc3)CC2)=CC1. The minimum absolute atomic E-state index is 0.137. The molecule has 3 aromatic rings. The fourth-order valence-electron chi connectivity index (χ4n) is 4.56. The lowest BCUT2D eigenvalue weighted by atomic mass is 9.96. The number of likely N-dealkylation sites (tertiary alicyclic amines) is 1. The average molecular weight is 504 g/mol. The van der Waals surface area contributed by atoms with Crippen LogP contribution in [0.25, 0.3) is 10.2 Å². The zero-order valence-corrected chi connectivity index (χ0v) is 21.5. The van der Waals surface area contributed by atoms with Crippen LogP contribution >= 0.6 is 11.3 Å². The number of para-hydroxylation sites is 1. The third-order valence-corrected chi connectivity index (χ3v) is 7.60. The number of benzene rings is 2. The van der Waals surface area contributed by atoms with E-state index in [0.29, 0.717) is 24.1 Å². The summed E-state index contributed by atoms with van der Waals surface area (Å²) in [6.07, 6.45) is 9.96. The molecule has 0 spiro atoms. The molecule has 2 aromatic carbocycles. The Labute approximate surface area is 216 Å². The highest BCUT2D eigenvalue weighted by atomic mass is 32.1. The Hall–Kier alpha value is -3.16. The number of hydrogen-bond acceptors (Lipinski definition) is 6. The molecule has 0 radical (unpaired) electrons. The van der Waals surface area contributed by atoms with Gasteiger partial charge < -0.3 is 14.8 Å². The second-order valence-electron chi connectivity index (χ2n) is 9.58. The first kappa shape index (κ1) is 24.5.